The molecule has 1 amide bonds. The molecule has 2 aromatic carbocycles. The van der Waals surface area contributed by atoms with Crippen molar-refractivity contribution in [3.8, 4) is 5.75 Å². The molecule has 1 heterocycles. The van der Waals surface area contributed by atoms with E-state index in [0.29, 0.717) is 12.3 Å². The fourth-order valence-corrected chi connectivity index (χ4v) is 2.74. The molecule has 1 aliphatic rings. The smallest absolute Gasteiger partial charge is 0.316 e. The maximum absolute atomic E-state index is 12.3. The summed E-state index contributed by atoms with van der Waals surface area (Å²) >= 11 is 0. The molecule has 0 saturated heterocycles. The number of rotatable bonds is 3. The zero-order valence-electron chi connectivity index (χ0n) is 13.8. The van der Waals surface area contributed by atoms with Gasteiger partial charge in [-0.2, -0.15) is 0 Å². The first-order chi connectivity index (χ1) is 11.5. The average Bonchev–Trinajstić information content (AvgIpc) is 2.70. The third kappa shape index (κ3) is 3.56. The number of nitrogens with one attached hydrogen (secondary N) is 2. The van der Waals surface area contributed by atoms with Crippen LogP contribution in [0, 0.1) is 19.8 Å². The maximum Gasteiger partial charge on any atom is 0.316 e. The standard InChI is InChI=1S/C19H20N2O3/c1-12-7-8-15(13(2)9-12)21-18(22)10-14-11-20-16-5-3-4-6-17(16)24-19(14)23/h3-9,14,20H,10-11H2,1-2H3,(H,21,22). The van der Waals surface area contributed by atoms with Crippen molar-refractivity contribution in [3.63, 3.8) is 0 Å². The van der Waals surface area contributed by atoms with Gasteiger partial charge in [0.15, 0.2) is 5.75 Å². The van der Waals surface area contributed by atoms with Gasteiger partial charge in [0.1, 0.15) is 0 Å². The van der Waals surface area contributed by atoms with Crippen molar-refractivity contribution in [2.24, 2.45) is 5.92 Å². The van der Waals surface area contributed by atoms with Crippen LogP contribution in [0.15, 0.2) is 42.5 Å². The van der Waals surface area contributed by atoms with Crippen molar-refractivity contribution in [2.45, 2.75) is 20.3 Å². The van der Waals surface area contributed by atoms with Gasteiger partial charge in [-0.3, -0.25) is 9.59 Å². The third-order valence-electron chi connectivity index (χ3n) is 4.06. The number of aryl methyl sites for hydroxylation is 2. The number of carbonyl (C=O) groups is 2. The molecule has 0 aliphatic carbocycles. The molecule has 1 unspecified atom stereocenters. The quantitative estimate of drug-likeness (QED) is 0.671. The Morgan fingerprint density at radius 1 is 1.25 bits per heavy atom. The van der Waals surface area contributed by atoms with E-state index in [4.69, 9.17) is 4.74 Å². The van der Waals surface area contributed by atoms with Gasteiger partial charge >= 0.3 is 5.97 Å². The van der Waals surface area contributed by atoms with E-state index >= 15 is 0 Å². The normalized spacial score (nSPS) is 16.4. The minimum atomic E-state index is -0.525. The molecule has 2 aromatic rings. The van der Waals surface area contributed by atoms with Gasteiger partial charge in [0.05, 0.1) is 11.6 Å². The Bertz CT molecular complexity index is 786. The molecule has 0 bridgehead atoms. The van der Waals surface area contributed by atoms with Crippen LogP contribution in [0.2, 0.25) is 0 Å². The van der Waals surface area contributed by atoms with Crippen molar-refractivity contribution in [1.29, 1.82) is 0 Å². The summed E-state index contributed by atoms with van der Waals surface area (Å²) < 4.78 is 5.38. The molecular weight excluding hydrogens is 304 g/mol. The number of amides is 1. The largest absolute Gasteiger partial charge is 0.424 e. The summed E-state index contributed by atoms with van der Waals surface area (Å²) in [6, 6.07) is 13.1. The first-order valence-corrected chi connectivity index (χ1v) is 7.94. The van der Waals surface area contributed by atoms with E-state index in [0.717, 1.165) is 22.5 Å². The van der Waals surface area contributed by atoms with Crippen molar-refractivity contribution in [3.05, 3.63) is 53.6 Å². The fourth-order valence-electron chi connectivity index (χ4n) is 2.74. The van der Waals surface area contributed by atoms with Crippen LogP contribution in [0.25, 0.3) is 0 Å². The van der Waals surface area contributed by atoms with E-state index in [1.54, 1.807) is 12.1 Å². The average molecular weight is 324 g/mol. The third-order valence-corrected chi connectivity index (χ3v) is 4.06. The molecule has 0 radical (unpaired) electrons. The first-order valence-electron chi connectivity index (χ1n) is 7.94. The van der Waals surface area contributed by atoms with Crippen LogP contribution in [0.5, 0.6) is 5.75 Å². The van der Waals surface area contributed by atoms with E-state index in [-0.39, 0.29) is 18.3 Å². The molecule has 124 valence electrons. The lowest BCUT2D eigenvalue weighted by atomic mass is 10.0. The minimum absolute atomic E-state index is 0.0765. The number of anilines is 2. The predicted octanol–water partition coefficient (Wildman–Crippen LogP) is 3.28. The highest BCUT2D eigenvalue weighted by molar-refractivity contribution is 5.94. The Balaban J connectivity index is 1.65. The van der Waals surface area contributed by atoms with Crippen molar-refractivity contribution < 1.29 is 14.3 Å². The highest BCUT2D eigenvalue weighted by Gasteiger charge is 2.27. The van der Waals surface area contributed by atoms with E-state index in [9.17, 15) is 9.59 Å². The van der Waals surface area contributed by atoms with Crippen LogP contribution in [0.3, 0.4) is 0 Å². The van der Waals surface area contributed by atoms with E-state index in [1.807, 2.05) is 44.2 Å². The van der Waals surface area contributed by atoms with Gasteiger partial charge in [0.25, 0.3) is 0 Å². The zero-order valence-corrected chi connectivity index (χ0v) is 13.8. The molecule has 1 aliphatic heterocycles. The molecule has 2 N–H and O–H groups in total. The van der Waals surface area contributed by atoms with Gasteiger partial charge in [-0.1, -0.05) is 29.8 Å². The molecular formula is C19H20N2O3. The van der Waals surface area contributed by atoms with Gasteiger partial charge in [-0.05, 0) is 37.6 Å². The molecule has 0 saturated carbocycles. The summed E-state index contributed by atoms with van der Waals surface area (Å²) in [5, 5.41) is 6.04. The molecule has 0 spiro atoms. The van der Waals surface area contributed by atoms with E-state index in [1.165, 1.54) is 0 Å². The van der Waals surface area contributed by atoms with Gasteiger partial charge < -0.3 is 15.4 Å². The predicted molar refractivity (Wildman–Crippen MR) is 93.2 cm³/mol. The summed E-state index contributed by atoms with van der Waals surface area (Å²) in [4.78, 5) is 24.5. The Labute approximate surface area is 141 Å². The second-order valence-electron chi connectivity index (χ2n) is 6.07. The Hall–Kier alpha value is -2.82. The molecule has 0 fully saturated rings. The van der Waals surface area contributed by atoms with Crippen molar-refractivity contribution in [2.75, 3.05) is 17.2 Å². The van der Waals surface area contributed by atoms with Crippen molar-refractivity contribution >= 4 is 23.3 Å². The number of hydrogen-bond donors (Lipinski definition) is 2. The lowest BCUT2D eigenvalue weighted by Gasteiger charge is -2.13. The highest BCUT2D eigenvalue weighted by atomic mass is 16.5. The van der Waals surface area contributed by atoms with Crippen LogP contribution in [0.4, 0.5) is 11.4 Å². The molecule has 24 heavy (non-hydrogen) atoms. The first kappa shape index (κ1) is 16.1. The summed E-state index contributed by atoms with van der Waals surface area (Å²) in [6.45, 7) is 4.32. The number of esters is 1. The number of fused-ring (bicyclic) bond motifs is 1. The number of ether oxygens (including phenoxy) is 1. The SMILES string of the molecule is Cc1ccc(NC(=O)CC2CNc3ccccc3OC2=O)c(C)c1. The lowest BCUT2D eigenvalue weighted by Crippen LogP contribution is -2.29. The summed E-state index contributed by atoms with van der Waals surface area (Å²) in [7, 11) is 0. The lowest BCUT2D eigenvalue weighted by molar-refractivity contribution is -0.140. The zero-order chi connectivity index (χ0) is 17.1. The fraction of sp³-hybridized carbons (Fsp3) is 0.263. The van der Waals surface area contributed by atoms with Crippen molar-refractivity contribution in [1.82, 2.24) is 0 Å². The molecule has 5 heteroatoms. The molecule has 0 aromatic heterocycles. The van der Waals surface area contributed by atoms with Crippen LogP contribution < -0.4 is 15.4 Å². The monoisotopic (exact) mass is 324 g/mol. The Morgan fingerprint density at radius 2 is 2.04 bits per heavy atom. The number of carbonyl (C=O) groups excluding carboxylic acids is 2. The summed E-state index contributed by atoms with van der Waals surface area (Å²) in [5.41, 5.74) is 3.67. The second kappa shape index (κ2) is 6.74. The topological polar surface area (TPSA) is 67.4 Å². The number of hydrogen-bond acceptors (Lipinski definition) is 4. The van der Waals surface area contributed by atoms with Crippen LogP contribution in [-0.2, 0) is 9.59 Å². The van der Waals surface area contributed by atoms with E-state index in [2.05, 4.69) is 10.6 Å². The highest BCUT2D eigenvalue weighted by Crippen LogP contribution is 2.28. The maximum atomic E-state index is 12.3. The molecule has 1 atom stereocenters. The summed E-state index contributed by atoms with van der Waals surface area (Å²) in [5.74, 6) is -0.608. The Morgan fingerprint density at radius 3 is 2.83 bits per heavy atom. The van der Waals surface area contributed by atoms with Gasteiger partial charge in [0, 0.05) is 18.7 Å². The van der Waals surface area contributed by atoms with Gasteiger partial charge in [0.2, 0.25) is 5.91 Å². The van der Waals surface area contributed by atoms with E-state index < -0.39 is 5.92 Å². The second-order valence-corrected chi connectivity index (χ2v) is 6.07. The molecule has 5 nitrogen and oxygen atoms in total. The minimum Gasteiger partial charge on any atom is -0.424 e. The van der Waals surface area contributed by atoms with Crippen LogP contribution in [-0.4, -0.2) is 18.4 Å². The Kier molecular flexibility index (Phi) is 4.51. The van der Waals surface area contributed by atoms with Gasteiger partial charge in [-0.25, -0.2) is 0 Å². The summed E-state index contributed by atoms with van der Waals surface area (Å²) in [6.07, 6.45) is 0.0765. The van der Waals surface area contributed by atoms with Crippen LogP contribution >= 0.6 is 0 Å². The number of benzene rings is 2. The van der Waals surface area contributed by atoms with Crippen LogP contribution in [0.1, 0.15) is 17.5 Å². The molecule has 3 rings (SSSR count). The van der Waals surface area contributed by atoms with Gasteiger partial charge in [-0.15, -0.1) is 0 Å². The number of para-hydroxylation sites is 2.